The van der Waals surface area contributed by atoms with Crippen LogP contribution in [0.15, 0.2) is 4.90 Å². The number of ether oxygens (including phenoxy) is 1. The largest absolute Gasteiger partial charge is 0.382 e. The smallest absolute Gasteiger partial charge is 0.264 e. The first-order valence-electron chi connectivity index (χ1n) is 5.90. The lowest BCUT2D eigenvalue weighted by Gasteiger charge is -2.14. The molecule has 1 aromatic rings. The summed E-state index contributed by atoms with van der Waals surface area (Å²) in [6.45, 7) is 6.15. The van der Waals surface area contributed by atoms with Crippen molar-refractivity contribution in [1.29, 1.82) is 0 Å². The molecule has 0 saturated heterocycles. The van der Waals surface area contributed by atoms with Crippen molar-refractivity contribution in [2.24, 2.45) is 0 Å². The van der Waals surface area contributed by atoms with Crippen LogP contribution in [0, 0.1) is 0 Å². The SMILES string of the molecule is CCc1nn(C(C)COC)c(CC)c1S(=O)(=O)Cl. The fourth-order valence-corrected chi connectivity index (χ4v) is 3.54. The van der Waals surface area contributed by atoms with E-state index in [0.717, 1.165) is 0 Å². The monoisotopic (exact) mass is 294 g/mol. The second-order valence-electron chi connectivity index (χ2n) is 4.12. The number of methoxy groups -OCH3 is 1. The van der Waals surface area contributed by atoms with Crippen molar-refractivity contribution < 1.29 is 13.2 Å². The highest BCUT2D eigenvalue weighted by molar-refractivity contribution is 8.13. The Hall–Kier alpha value is -0.590. The number of hydrogen-bond donors (Lipinski definition) is 0. The van der Waals surface area contributed by atoms with Gasteiger partial charge in [-0.15, -0.1) is 0 Å². The van der Waals surface area contributed by atoms with Gasteiger partial charge in [0.1, 0.15) is 4.90 Å². The molecule has 1 aromatic heterocycles. The Labute approximate surface area is 113 Å². The van der Waals surface area contributed by atoms with E-state index in [2.05, 4.69) is 5.10 Å². The second-order valence-corrected chi connectivity index (χ2v) is 6.62. The van der Waals surface area contributed by atoms with E-state index >= 15 is 0 Å². The van der Waals surface area contributed by atoms with E-state index in [1.165, 1.54) is 0 Å². The molecule has 0 radical (unpaired) electrons. The third-order valence-electron chi connectivity index (χ3n) is 2.77. The predicted octanol–water partition coefficient (Wildman–Crippen LogP) is 2.14. The molecule has 0 aromatic carbocycles. The minimum absolute atomic E-state index is 0.0255. The molecule has 7 heteroatoms. The van der Waals surface area contributed by atoms with E-state index in [-0.39, 0.29) is 10.9 Å². The molecule has 1 atom stereocenters. The zero-order chi connectivity index (χ0) is 13.9. The van der Waals surface area contributed by atoms with Gasteiger partial charge in [0.05, 0.1) is 24.0 Å². The van der Waals surface area contributed by atoms with Crippen LogP contribution in [0.4, 0.5) is 0 Å². The molecule has 0 amide bonds. The van der Waals surface area contributed by atoms with Crippen LogP contribution >= 0.6 is 10.7 Å². The highest BCUT2D eigenvalue weighted by atomic mass is 35.7. The summed E-state index contributed by atoms with van der Waals surface area (Å²) in [5.41, 5.74) is 1.16. The van der Waals surface area contributed by atoms with Crippen LogP contribution in [-0.4, -0.2) is 31.9 Å². The lowest BCUT2D eigenvalue weighted by atomic mass is 10.2. The zero-order valence-corrected chi connectivity index (χ0v) is 12.7. The van der Waals surface area contributed by atoms with E-state index in [4.69, 9.17) is 15.4 Å². The van der Waals surface area contributed by atoms with Gasteiger partial charge in [-0.25, -0.2) is 8.42 Å². The minimum Gasteiger partial charge on any atom is -0.382 e. The molecule has 0 fully saturated rings. The van der Waals surface area contributed by atoms with Gasteiger partial charge in [0.15, 0.2) is 0 Å². The second kappa shape index (κ2) is 6.04. The van der Waals surface area contributed by atoms with Crippen LogP contribution in [0.2, 0.25) is 0 Å². The Balaban J connectivity index is 3.43. The molecule has 1 unspecified atom stereocenters. The first kappa shape index (κ1) is 15.5. The molecule has 0 bridgehead atoms. The van der Waals surface area contributed by atoms with Gasteiger partial charge < -0.3 is 4.74 Å². The van der Waals surface area contributed by atoms with Gasteiger partial charge in [0.25, 0.3) is 9.05 Å². The fraction of sp³-hybridized carbons (Fsp3) is 0.727. The van der Waals surface area contributed by atoms with Crippen molar-refractivity contribution >= 4 is 19.7 Å². The Morgan fingerprint density at radius 2 is 2.00 bits per heavy atom. The topological polar surface area (TPSA) is 61.2 Å². The number of nitrogens with zero attached hydrogens (tertiary/aromatic N) is 2. The molecule has 0 aliphatic heterocycles. The van der Waals surface area contributed by atoms with Crippen LogP contribution in [0.5, 0.6) is 0 Å². The van der Waals surface area contributed by atoms with Gasteiger partial charge in [-0.2, -0.15) is 5.10 Å². The van der Waals surface area contributed by atoms with Crippen molar-refractivity contribution in [2.45, 2.75) is 44.6 Å². The van der Waals surface area contributed by atoms with Crippen molar-refractivity contribution in [3.8, 4) is 0 Å². The van der Waals surface area contributed by atoms with E-state index in [9.17, 15) is 8.42 Å². The van der Waals surface area contributed by atoms with Crippen molar-refractivity contribution in [3.05, 3.63) is 11.4 Å². The molecule has 0 aliphatic carbocycles. The van der Waals surface area contributed by atoms with Crippen LogP contribution < -0.4 is 0 Å². The van der Waals surface area contributed by atoms with Crippen LogP contribution in [0.3, 0.4) is 0 Å². The quantitative estimate of drug-likeness (QED) is 0.754. The maximum atomic E-state index is 11.7. The molecule has 1 rings (SSSR count). The van der Waals surface area contributed by atoms with E-state index < -0.39 is 9.05 Å². The van der Waals surface area contributed by atoms with Gasteiger partial charge in [0.2, 0.25) is 0 Å². The Morgan fingerprint density at radius 3 is 2.39 bits per heavy atom. The van der Waals surface area contributed by atoms with Gasteiger partial charge >= 0.3 is 0 Å². The van der Waals surface area contributed by atoms with E-state index in [0.29, 0.717) is 30.8 Å². The third kappa shape index (κ3) is 3.05. The van der Waals surface area contributed by atoms with Crippen molar-refractivity contribution in [2.75, 3.05) is 13.7 Å². The molecule has 104 valence electrons. The maximum Gasteiger partial charge on any atom is 0.264 e. The number of halogens is 1. The van der Waals surface area contributed by atoms with Gasteiger partial charge in [-0.05, 0) is 19.8 Å². The summed E-state index contributed by atoms with van der Waals surface area (Å²) in [7, 11) is 3.34. The van der Waals surface area contributed by atoms with E-state index in [1.807, 2.05) is 20.8 Å². The number of rotatable bonds is 6. The highest BCUT2D eigenvalue weighted by Crippen LogP contribution is 2.27. The molecular formula is C11H19ClN2O3S. The predicted molar refractivity (Wildman–Crippen MR) is 70.6 cm³/mol. The molecule has 1 heterocycles. The number of aryl methyl sites for hydroxylation is 1. The van der Waals surface area contributed by atoms with E-state index in [1.54, 1.807) is 11.8 Å². The molecule has 0 aliphatic rings. The van der Waals surface area contributed by atoms with Crippen LogP contribution in [-0.2, 0) is 26.6 Å². The first-order valence-corrected chi connectivity index (χ1v) is 8.21. The van der Waals surface area contributed by atoms with Gasteiger partial charge in [0, 0.05) is 17.8 Å². The zero-order valence-electron chi connectivity index (χ0n) is 11.1. The summed E-state index contributed by atoms with van der Waals surface area (Å²) in [5, 5.41) is 4.36. The summed E-state index contributed by atoms with van der Waals surface area (Å²) in [5.74, 6) is 0. The molecule has 0 N–H and O–H groups in total. The third-order valence-corrected chi connectivity index (χ3v) is 4.19. The van der Waals surface area contributed by atoms with Crippen molar-refractivity contribution in [1.82, 2.24) is 9.78 Å². The van der Waals surface area contributed by atoms with Gasteiger partial charge in [-0.1, -0.05) is 13.8 Å². The van der Waals surface area contributed by atoms with Crippen LogP contribution in [0.1, 0.15) is 38.2 Å². The summed E-state index contributed by atoms with van der Waals surface area (Å²) < 4.78 is 30.1. The lowest BCUT2D eigenvalue weighted by Crippen LogP contribution is -2.15. The Bertz CT molecular complexity index is 511. The summed E-state index contributed by atoms with van der Waals surface area (Å²) in [4.78, 5) is 0.164. The number of aromatic nitrogens is 2. The molecule has 18 heavy (non-hydrogen) atoms. The molecule has 5 nitrogen and oxygen atoms in total. The van der Waals surface area contributed by atoms with Crippen LogP contribution in [0.25, 0.3) is 0 Å². The highest BCUT2D eigenvalue weighted by Gasteiger charge is 2.26. The number of hydrogen-bond acceptors (Lipinski definition) is 4. The molecule has 0 saturated carbocycles. The summed E-state index contributed by atoms with van der Waals surface area (Å²) >= 11 is 0. The maximum absolute atomic E-state index is 11.7. The standard InChI is InChI=1S/C11H19ClN2O3S/c1-5-9-11(18(12,15)16)10(6-2)14(13-9)8(3)7-17-4/h8H,5-7H2,1-4H3. The molecule has 0 spiro atoms. The summed E-state index contributed by atoms with van der Waals surface area (Å²) in [6.07, 6.45) is 1.09. The molecular weight excluding hydrogens is 276 g/mol. The van der Waals surface area contributed by atoms with Gasteiger partial charge in [-0.3, -0.25) is 4.68 Å². The average Bonchev–Trinajstić information content (AvgIpc) is 2.67. The minimum atomic E-state index is -3.77. The lowest BCUT2D eigenvalue weighted by molar-refractivity contribution is 0.155. The fourth-order valence-electron chi connectivity index (χ4n) is 2.02. The Morgan fingerprint density at radius 1 is 1.39 bits per heavy atom. The normalized spacial score (nSPS) is 13.8. The van der Waals surface area contributed by atoms with Crippen molar-refractivity contribution in [3.63, 3.8) is 0 Å². The Kier molecular flexibility index (Phi) is 5.19. The average molecular weight is 295 g/mol. The first-order chi connectivity index (χ1) is 8.36. The summed E-state index contributed by atoms with van der Waals surface area (Å²) in [6, 6.07) is -0.0255.